The molecule has 4 nitrogen and oxygen atoms in total. The first-order chi connectivity index (χ1) is 11.1. The normalized spacial score (nSPS) is 17.9. The predicted molar refractivity (Wildman–Crippen MR) is 102 cm³/mol. The molecule has 0 radical (unpaired) electrons. The zero-order valence-electron chi connectivity index (χ0n) is 12.2. The Kier molecular flexibility index (Phi) is 5.80. The Morgan fingerprint density at radius 1 is 1.26 bits per heavy atom. The molecule has 0 amide bonds. The molecular weight excluding hydrogens is 373 g/mol. The van der Waals surface area contributed by atoms with Crippen molar-refractivity contribution in [2.24, 2.45) is 0 Å². The average Bonchev–Trinajstić information content (AvgIpc) is 2.58. The van der Waals surface area contributed by atoms with Crippen LogP contribution in [0.2, 0.25) is 10.0 Å². The van der Waals surface area contributed by atoms with Crippen LogP contribution in [0.15, 0.2) is 35.3 Å². The van der Waals surface area contributed by atoms with E-state index < -0.39 is 0 Å². The number of hydrogen-bond acceptors (Lipinski definition) is 5. The van der Waals surface area contributed by atoms with Crippen LogP contribution in [0.1, 0.15) is 0 Å². The SMILES string of the molecule is O=c1c(Cl)c(NCC2CSCCS2)cnn1-c1ccc(Cl)cc1. The number of hydrogen-bond donors (Lipinski definition) is 1. The van der Waals surface area contributed by atoms with Gasteiger partial charge in [-0.1, -0.05) is 23.2 Å². The second kappa shape index (κ2) is 7.83. The number of nitrogens with one attached hydrogen (secondary N) is 1. The van der Waals surface area contributed by atoms with Gasteiger partial charge in [-0.3, -0.25) is 4.79 Å². The highest BCUT2D eigenvalue weighted by molar-refractivity contribution is 8.06. The van der Waals surface area contributed by atoms with Gasteiger partial charge in [0.25, 0.3) is 5.56 Å². The van der Waals surface area contributed by atoms with Crippen molar-refractivity contribution in [3.63, 3.8) is 0 Å². The van der Waals surface area contributed by atoms with Gasteiger partial charge in [0.2, 0.25) is 0 Å². The smallest absolute Gasteiger partial charge is 0.292 e. The lowest BCUT2D eigenvalue weighted by molar-refractivity contribution is 0.806. The minimum Gasteiger partial charge on any atom is -0.381 e. The summed E-state index contributed by atoms with van der Waals surface area (Å²) in [7, 11) is 0. The third-order valence-corrected chi connectivity index (χ3v) is 6.86. The first-order valence-corrected chi connectivity index (χ1v) is 10.1. The molecule has 8 heteroatoms. The molecule has 1 aromatic heterocycles. The molecule has 1 unspecified atom stereocenters. The molecule has 2 aromatic rings. The maximum Gasteiger partial charge on any atom is 0.292 e. The van der Waals surface area contributed by atoms with Gasteiger partial charge in [0.15, 0.2) is 0 Å². The zero-order valence-corrected chi connectivity index (χ0v) is 15.3. The van der Waals surface area contributed by atoms with E-state index in [4.69, 9.17) is 23.2 Å². The third-order valence-electron chi connectivity index (χ3n) is 3.40. The highest BCUT2D eigenvalue weighted by Crippen LogP contribution is 2.25. The number of rotatable bonds is 4. The molecule has 1 aliphatic rings. The molecule has 23 heavy (non-hydrogen) atoms. The first-order valence-electron chi connectivity index (χ1n) is 7.12. The van der Waals surface area contributed by atoms with E-state index in [0.717, 1.165) is 12.3 Å². The molecule has 1 aromatic carbocycles. The van der Waals surface area contributed by atoms with Crippen LogP contribution in [0.4, 0.5) is 5.69 Å². The van der Waals surface area contributed by atoms with E-state index in [1.54, 1.807) is 30.5 Å². The topological polar surface area (TPSA) is 46.9 Å². The van der Waals surface area contributed by atoms with Gasteiger partial charge in [-0.15, -0.1) is 0 Å². The van der Waals surface area contributed by atoms with E-state index in [1.165, 1.54) is 16.2 Å². The molecule has 0 bridgehead atoms. The quantitative estimate of drug-likeness (QED) is 0.864. The predicted octanol–water partition coefficient (Wildman–Crippen LogP) is 3.80. The number of halogens is 2. The number of anilines is 1. The molecule has 1 saturated heterocycles. The van der Waals surface area contributed by atoms with Crippen molar-refractivity contribution in [3.8, 4) is 5.69 Å². The summed E-state index contributed by atoms with van der Waals surface area (Å²) in [6.07, 6.45) is 1.60. The van der Waals surface area contributed by atoms with Gasteiger partial charge in [0.1, 0.15) is 5.02 Å². The fourth-order valence-electron chi connectivity index (χ4n) is 2.20. The van der Waals surface area contributed by atoms with Crippen LogP contribution < -0.4 is 10.9 Å². The first kappa shape index (κ1) is 17.0. The zero-order chi connectivity index (χ0) is 16.2. The van der Waals surface area contributed by atoms with Crippen molar-refractivity contribution >= 4 is 52.4 Å². The summed E-state index contributed by atoms with van der Waals surface area (Å²) in [6, 6.07) is 6.89. The van der Waals surface area contributed by atoms with Crippen molar-refractivity contribution in [2.75, 3.05) is 29.1 Å². The average molecular weight is 388 g/mol. The van der Waals surface area contributed by atoms with Gasteiger partial charge in [0.05, 0.1) is 17.6 Å². The second-order valence-electron chi connectivity index (χ2n) is 5.01. The third kappa shape index (κ3) is 4.18. The maximum absolute atomic E-state index is 12.4. The van der Waals surface area contributed by atoms with Crippen LogP contribution in [0, 0.1) is 0 Å². The van der Waals surface area contributed by atoms with Gasteiger partial charge in [-0.05, 0) is 24.3 Å². The molecule has 1 atom stereocenters. The number of nitrogens with zero attached hydrogens (tertiary/aromatic N) is 2. The molecule has 0 spiro atoms. The second-order valence-corrected chi connectivity index (χ2v) is 8.39. The van der Waals surface area contributed by atoms with E-state index in [1.807, 2.05) is 23.5 Å². The Bertz CT molecular complexity index is 730. The minimum atomic E-state index is -0.343. The molecule has 0 aliphatic carbocycles. The van der Waals surface area contributed by atoms with E-state index in [0.29, 0.717) is 21.6 Å². The van der Waals surface area contributed by atoms with Crippen molar-refractivity contribution < 1.29 is 0 Å². The van der Waals surface area contributed by atoms with Gasteiger partial charge >= 0.3 is 0 Å². The Balaban J connectivity index is 1.77. The van der Waals surface area contributed by atoms with Crippen molar-refractivity contribution in [2.45, 2.75) is 5.25 Å². The molecule has 1 fully saturated rings. The highest BCUT2D eigenvalue weighted by Gasteiger charge is 2.16. The molecule has 1 N–H and O–H groups in total. The Hall–Kier alpha value is -0.820. The highest BCUT2D eigenvalue weighted by atomic mass is 35.5. The van der Waals surface area contributed by atoms with Gasteiger partial charge in [0, 0.05) is 34.1 Å². The monoisotopic (exact) mass is 387 g/mol. The van der Waals surface area contributed by atoms with Crippen molar-refractivity contribution in [1.82, 2.24) is 9.78 Å². The number of thioether (sulfide) groups is 2. The maximum atomic E-state index is 12.4. The molecule has 1 aliphatic heterocycles. The molecule has 2 heterocycles. The standard InChI is InChI=1S/C15H15Cl2N3OS2/c16-10-1-3-11(4-2-10)20-15(21)14(17)13(8-19-20)18-7-12-9-22-5-6-23-12/h1-4,8,12,18H,5-7,9H2. The van der Waals surface area contributed by atoms with E-state index in [9.17, 15) is 4.79 Å². The van der Waals surface area contributed by atoms with Crippen LogP contribution in [0.5, 0.6) is 0 Å². The van der Waals surface area contributed by atoms with Gasteiger partial charge in [-0.25, -0.2) is 0 Å². The Morgan fingerprint density at radius 2 is 2.04 bits per heavy atom. The summed E-state index contributed by atoms with van der Waals surface area (Å²) in [5, 5.41) is 8.75. The summed E-state index contributed by atoms with van der Waals surface area (Å²) < 4.78 is 1.27. The van der Waals surface area contributed by atoms with E-state index >= 15 is 0 Å². The van der Waals surface area contributed by atoms with Crippen LogP contribution in [-0.2, 0) is 0 Å². The van der Waals surface area contributed by atoms with Gasteiger partial charge in [-0.2, -0.15) is 33.3 Å². The van der Waals surface area contributed by atoms with E-state index in [2.05, 4.69) is 10.4 Å². The number of aromatic nitrogens is 2. The van der Waals surface area contributed by atoms with Crippen LogP contribution in [-0.4, -0.2) is 38.8 Å². The lowest BCUT2D eigenvalue weighted by atomic mass is 10.3. The van der Waals surface area contributed by atoms with Crippen molar-refractivity contribution in [1.29, 1.82) is 0 Å². The minimum absolute atomic E-state index is 0.156. The Labute approximate surface area is 152 Å². The summed E-state index contributed by atoms with van der Waals surface area (Å²) in [4.78, 5) is 12.4. The van der Waals surface area contributed by atoms with Crippen LogP contribution in [0.3, 0.4) is 0 Å². The Morgan fingerprint density at radius 3 is 2.74 bits per heavy atom. The summed E-state index contributed by atoms with van der Waals surface area (Å²) in [6.45, 7) is 0.781. The lowest BCUT2D eigenvalue weighted by Crippen LogP contribution is -2.26. The fourth-order valence-corrected chi connectivity index (χ4v) is 5.13. The lowest BCUT2D eigenvalue weighted by Gasteiger charge is -2.21. The number of benzene rings is 1. The fraction of sp³-hybridized carbons (Fsp3) is 0.333. The summed E-state index contributed by atoms with van der Waals surface area (Å²) in [5.74, 6) is 3.49. The molecule has 122 valence electrons. The van der Waals surface area contributed by atoms with Crippen molar-refractivity contribution in [3.05, 3.63) is 50.9 Å². The van der Waals surface area contributed by atoms with E-state index in [-0.39, 0.29) is 10.6 Å². The summed E-state index contributed by atoms with van der Waals surface area (Å²) in [5.41, 5.74) is 0.870. The molecule has 0 saturated carbocycles. The molecule has 3 rings (SSSR count). The van der Waals surface area contributed by atoms with Crippen LogP contribution >= 0.6 is 46.7 Å². The molecular formula is C15H15Cl2N3OS2. The largest absolute Gasteiger partial charge is 0.381 e. The van der Waals surface area contributed by atoms with Gasteiger partial charge < -0.3 is 5.32 Å². The summed E-state index contributed by atoms with van der Waals surface area (Å²) >= 11 is 16.0. The van der Waals surface area contributed by atoms with Crippen LogP contribution in [0.25, 0.3) is 5.69 Å².